The van der Waals surface area contributed by atoms with E-state index >= 15 is 0 Å². The lowest BCUT2D eigenvalue weighted by atomic mass is 10.1. The van der Waals surface area contributed by atoms with Crippen LogP contribution in [0.5, 0.6) is 0 Å². The van der Waals surface area contributed by atoms with Crippen molar-refractivity contribution in [3.05, 3.63) is 44.5 Å². The minimum Gasteiger partial charge on any atom is -0.480 e. The van der Waals surface area contributed by atoms with Crippen LogP contribution in [0.2, 0.25) is 0 Å². The zero-order valence-corrected chi connectivity index (χ0v) is 13.1. The molecule has 4 nitrogen and oxygen atoms in total. The molecule has 6 heteroatoms. The molecule has 0 saturated carbocycles. The molecule has 0 aliphatic carbocycles. The van der Waals surface area contributed by atoms with E-state index in [1.807, 2.05) is 6.07 Å². The number of nitrogens with one attached hydrogen (secondary N) is 1. The molecule has 18 heavy (non-hydrogen) atoms. The molecule has 1 amide bonds. The number of hydrogen-bond donors (Lipinski definition) is 2. The Morgan fingerprint density at radius 1 is 1.56 bits per heavy atom. The summed E-state index contributed by atoms with van der Waals surface area (Å²) in [7, 11) is 0. The van der Waals surface area contributed by atoms with E-state index in [9.17, 15) is 9.59 Å². The number of hydrogen-bond acceptors (Lipinski definition) is 2. The van der Waals surface area contributed by atoms with Gasteiger partial charge in [-0.1, -0.05) is 6.08 Å². The first kappa shape index (κ1) is 15.2. The van der Waals surface area contributed by atoms with E-state index in [2.05, 4.69) is 50.4 Å². The smallest absolute Gasteiger partial charge is 0.326 e. The Bertz CT molecular complexity index is 490. The molecule has 1 aromatic rings. The number of amides is 1. The first-order valence-corrected chi connectivity index (χ1v) is 6.92. The van der Waals surface area contributed by atoms with Gasteiger partial charge in [-0.15, -0.1) is 6.58 Å². The van der Waals surface area contributed by atoms with Crippen LogP contribution in [-0.4, -0.2) is 23.0 Å². The molecule has 1 unspecified atom stereocenters. The number of carbonyl (C=O) groups is 2. The topological polar surface area (TPSA) is 66.4 Å². The molecule has 1 rings (SSSR count). The van der Waals surface area contributed by atoms with E-state index in [0.717, 1.165) is 3.57 Å². The third kappa shape index (κ3) is 4.09. The molecule has 2 N–H and O–H groups in total. The van der Waals surface area contributed by atoms with Gasteiger partial charge in [0, 0.05) is 8.04 Å². The standard InChI is InChI=1S/C12H11BrINO3/c1-2-3-10(12(17)18)15-11(16)8-6-7(14)4-5-9(8)13/h2,4-6,10H,1,3H2,(H,15,16)(H,17,18). The fourth-order valence-electron chi connectivity index (χ4n) is 1.30. The number of halogens is 2. The molecule has 0 radical (unpaired) electrons. The van der Waals surface area contributed by atoms with Gasteiger partial charge in [0.25, 0.3) is 5.91 Å². The maximum Gasteiger partial charge on any atom is 0.326 e. The van der Waals surface area contributed by atoms with Crippen molar-refractivity contribution in [1.29, 1.82) is 0 Å². The molecule has 1 aromatic carbocycles. The Balaban J connectivity index is 2.89. The highest BCUT2D eigenvalue weighted by molar-refractivity contribution is 14.1. The average Bonchev–Trinajstić information content (AvgIpc) is 2.31. The Hall–Kier alpha value is -0.890. The van der Waals surface area contributed by atoms with Crippen LogP contribution in [0, 0.1) is 3.57 Å². The number of benzene rings is 1. The lowest BCUT2D eigenvalue weighted by Gasteiger charge is -2.13. The Morgan fingerprint density at radius 3 is 2.78 bits per heavy atom. The molecule has 1 atom stereocenters. The number of carbonyl (C=O) groups excluding carboxylic acids is 1. The first-order chi connectivity index (χ1) is 8.45. The van der Waals surface area contributed by atoms with Crippen molar-refractivity contribution < 1.29 is 14.7 Å². The second-order valence-corrected chi connectivity index (χ2v) is 5.61. The maximum atomic E-state index is 12.0. The lowest BCUT2D eigenvalue weighted by Crippen LogP contribution is -2.40. The minimum absolute atomic E-state index is 0.183. The van der Waals surface area contributed by atoms with Crippen LogP contribution < -0.4 is 5.32 Å². The predicted molar refractivity (Wildman–Crippen MR) is 80.6 cm³/mol. The van der Waals surface area contributed by atoms with Gasteiger partial charge in [0.15, 0.2) is 0 Å². The average molecular weight is 424 g/mol. The van der Waals surface area contributed by atoms with E-state index < -0.39 is 17.9 Å². The summed E-state index contributed by atoms with van der Waals surface area (Å²) in [5, 5.41) is 11.4. The number of aliphatic carboxylic acids is 1. The normalized spacial score (nSPS) is 11.7. The highest BCUT2D eigenvalue weighted by atomic mass is 127. The van der Waals surface area contributed by atoms with E-state index in [-0.39, 0.29) is 6.42 Å². The highest BCUT2D eigenvalue weighted by Crippen LogP contribution is 2.19. The van der Waals surface area contributed by atoms with Crippen LogP contribution in [0.1, 0.15) is 16.8 Å². The van der Waals surface area contributed by atoms with Gasteiger partial charge in [0.2, 0.25) is 0 Å². The maximum absolute atomic E-state index is 12.0. The van der Waals surface area contributed by atoms with Crippen molar-refractivity contribution in [2.75, 3.05) is 0 Å². The summed E-state index contributed by atoms with van der Waals surface area (Å²) in [6.45, 7) is 3.47. The fraction of sp³-hybridized carbons (Fsp3) is 0.167. The quantitative estimate of drug-likeness (QED) is 0.565. The van der Waals surface area contributed by atoms with Gasteiger partial charge < -0.3 is 10.4 Å². The van der Waals surface area contributed by atoms with Crippen molar-refractivity contribution in [3.63, 3.8) is 0 Å². The van der Waals surface area contributed by atoms with Crippen molar-refractivity contribution in [1.82, 2.24) is 5.32 Å². The number of rotatable bonds is 5. The van der Waals surface area contributed by atoms with Crippen LogP contribution in [0.25, 0.3) is 0 Å². The van der Waals surface area contributed by atoms with Crippen molar-refractivity contribution in [2.24, 2.45) is 0 Å². The van der Waals surface area contributed by atoms with E-state index in [1.165, 1.54) is 6.08 Å². The van der Waals surface area contributed by atoms with Crippen LogP contribution in [-0.2, 0) is 4.79 Å². The molecule has 0 spiro atoms. The van der Waals surface area contributed by atoms with Crippen molar-refractivity contribution >= 4 is 50.4 Å². The SMILES string of the molecule is C=CCC(NC(=O)c1cc(I)ccc1Br)C(=O)O. The lowest BCUT2D eigenvalue weighted by molar-refractivity contribution is -0.139. The summed E-state index contributed by atoms with van der Waals surface area (Å²) in [4.78, 5) is 22.9. The molecule has 0 bridgehead atoms. The van der Waals surface area contributed by atoms with Crippen LogP contribution in [0.3, 0.4) is 0 Å². The largest absolute Gasteiger partial charge is 0.480 e. The zero-order valence-electron chi connectivity index (χ0n) is 9.32. The molecule has 0 heterocycles. The van der Waals surface area contributed by atoms with Crippen molar-refractivity contribution in [2.45, 2.75) is 12.5 Å². The molecule has 0 aromatic heterocycles. The summed E-state index contributed by atoms with van der Waals surface area (Å²) in [5.74, 6) is -1.50. The second-order valence-electron chi connectivity index (χ2n) is 3.51. The molecule has 0 fully saturated rings. The summed E-state index contributed by atoms with van der Waals surface area (Å²) in [6, 6.07) is 4.33. The van der Waals surface area contributed by atoms with Gasteiger partial charge in [-0.05, 0) is 63.1 Å². The van der Waals surface area contributed by atoms with E-state index in [1.54, 1.807) is 12.1 Å². The Labute approximate surface area is 127 Å². The van der Waals surface area contributed by atoms with Gasteiger partial charge >= 0.3 is 5.97 Å². The molecule has 0 saturated heterocycles. The molecule has 0 aliphatic rings. The summed E-state index contributed by atoms with van der Waals surface area (Å²) in [6.07, 6.45) is 1.64. The first-order valence-electron chi connectivity index (χ1n) is 5.05. The zero-order chi connectivity index (χ0) is 13.7. The third-order valence-corrected chi connectivity index (χ3v) is 3.54. The fourth-order valence-corrected chi connectivity index (χ4v) is 2.21. The third-order valence-electron chi connectivity index (χ3n) is 2.18. The van der Waals surface area contributed by atoms with Crippen LogP contribution in [0.4, 0.5) is 0 Å². The Morgan fingerprint density at radius 2 is 2.22 bits per heavy atom. The van der Waals surface area contributed by atoms with Gasteiger partial charge in [-0.25, -0.2) is 4.79 Å². The van der Waals surface area contributed by atoms with Gasteiger partial charge in [-0.3, -0.25) is 4.79 Å². The predicted octanol–water partition coefficient (Wildman–Crippen LogP) is 2.81. The molecular formula is C12H11BrINO3. The summed E-state index contributed by atoms with van der Waals surface area (Å²) < 4.78 is 1.53. The van der Waals surface area contributed by atoms with Gasteiger partial charge in [0.1, 0.15) is 6.04 Å². The summed E-state index contributed by atoms with van der Waals surface area (Å²) in [5.41, 5.74) is 0.414. The monoisotopic (exact) mass is 423 g/mol. The Kier molecular flexibility index (Phi) is 5.80. The highest BCUT2D eigenvalue weighted by Gasteiger charge is 2.20. The molecular weight excluding hydrogens is 413 g/mol. The summed E-state index contributed by atoms with van der Waals surface area (Å²) >= 11 is 5.35. The van der Waals surface area contributed by atoms with Crippen LogP contribution >= 0.6 is 38.5 Å². The number of carboxylic acids is 1. The van der Waals surface area contributed by atoms with Gasteiger partial charge in [-0.2, -0.15) is 0 Å². The van der Waals surface area contributed by atoms with Gasteiger partial charge in [0.05, 0.1) is 5.56 Å². The number of carboxylic acid groups (broad SMARTS) is 1. The van der Waals surface area contributed by atoms with E-state index in [4.69, 9.17) is 5.11 Å². The van der Waals surface area contributed by atoms with Crippen LogP contribution in [0.15, 0.2) is 35.3 Å². The second kappa shape index (κ2) is 6.89. The molecule has 96 valence electrons. The minimum atomic E-state index is -1.08. The molecule has 0 aliphatic heterocycles. The van der Waals surface area contributed by atoms with E-state index in [0.29, 0.717) is 10.0 Å². The van der Waals surface area contributed by atoms with Crippen molar-refractivity contribution in [3.8, 4) is 0 Å².